The van der Waals surface area contributed by atoms with E-state index in [0.29, 0.717) is 5.69 Å². The predicted molar refractivity (Wildman–Crippen MR) is 77.4 cm³/mol. The number of hydrogen-bond acceptors (Lipinski definition) is 5. The molecule has 2 aromatic rings. The van der Waals surface area contributed by atoms with Crippen molar-refractivity contribution in [2.75, 3.05) is 10.6 Å². The van der Waals surface area contributed by atoms with Gasteiger partial charge in [0.15, 0.2) is 0 Å². The number of aromatic nitrogens is 2. The average Bonchev–Trinajstić information content (AvgIpc) is 2.90. The van der Waals surface area contributed by atoms with Crippen molar-refractivity contribution in [2.45, 2.75) is 18.0 Å². The van der Waals surface area contributed by atoms with E-state index in [9.17, 15) is 5.26 Å². The lowest BCUT2D eigenvalue weighted by Gasteiger charge is -2.26. The minimum absolute atomic E-state index is 0.458. The molecule has 0 fully saturated rings. The maximum absolute atomic E-state index is 9.51. The number of anilines is 2. The highest BCUT2D eigenvalue weighted by atomic mass is 35.5. The first-order valence-corrected chi connectivity index (χ1v) is 6.51. The average molecular weight is 286 g/mol. The number of aryl methyl sites for hydroxylation is 1. The second-order valence-electron chi connectivity index (χ2n) is 4.69. The van der Waals surface area contributed by atoms with E-state index in [1.54, 1.807) is 12.3 Å². The van der Waals surface area contributed by atoms with E-state index < -0.39 is 11.0 Å². The molecule has 0 spiro atoms. The number of alkyl halides is 1. The van der Waals surface area contributed by atoms with Crippen LogP contribution in [0.4, 0.5) is 11.4 Å². The molecule has 0 amide bonds. The Kier molecular flexibility index (Phi) is 2.96. The van der Waals surface area contributed by atoms with Crippen molar-refractivity contribution in [3.63, 3.8) is 0 Å². The van der Waals surface area contributed by atoms with E-state index in [1.165, 1.54) is 6.33 Å². The van der Waals surface area contributed by atoms with Crippen LogP contribution in [-0.2, 0) is 4.87 Å². The van der Waals surface area contributed by atoms with Crippen LogP contribution in [0.5, 0.6) is 0 Å². The molecule has 0 bridgehead atoms. The van der Waals surface area contributed by atoms with Gasteiger partial charge in [-0.25, -0.2) is 9.97 Å². The van der Waals surface area contributed by atoms with Gasteiger partial charge in [-0.15, -0.1) is 0 Å². The third-order valence-corrected chi connectivity index (χ3v) is 3.79. The van der Waals surface area contributed by atoms with Crippen LogP contribution in [-0.4, -0.2) is 16.1 Å². The minimum atomic E-state index is -1.31. The summed E-state index contributed by atoms with van der Waals surface area (Å²) in [5, 5.41) is 16.0. The van der Waals surface area contributed by atoms with E-state index in [4.69, 9.17) is 11.6 Å². The van der Waals surface area contributed by atoms with Crippen molar-refractivity contribution in [1.29, 1.82) is 5.26 Å². The summed E-state index contributed by atoms with van der Waals surface area (Å²) in [5.74, 6) is 0. The Morgan fingerprint density at radius 1 is 1.30 bits per heavy atom. The van der Waals surface area contributed by atoms with Gasteiger partial charge in [0.1, 0.15) is 12.5 Å². The Bertz CT molecular complexity index is 682. The number of hydrogen-bond donors (Lipinski definition) is 2. The molecule has 0 radical (unpaired) electrons. The van der Waals surface area contributed by atoms with Gasteiger partial charge < -0.3 is 10.6 Å². The van der Waals surface area contributed by atoms with Gasteiger partial charge in [0, 0.05) is 6.20 Å². The smallest absolute Gasteiger partial charge is 0.210 e. The molecule has 2 atom stereocenters. The Morgan fingerprint density at radius 3 is 2.80 bits per heavy atom. The summed E-state index contributed by atoms with van der Waals surface area (Å²) >= 11 is 6.51. The van der Waals surface area contributed by atoms with Crippen LogP contribution in [0.2, 0.25) is 0 Å². The SMILES string of the molecule is Cc1ccc2c(c1)NC(C(Cl)(C#N)c1ccncn1)N2. The molecule has 1 aliphatic heterocycles. The molecule has 2 N–H and O–H groups in total. The molecular formula is C14H12ClN5. The fraction of sp³-hybridized carbons (Fsp3) is 0.214. The number of benzene rings is 1. The largest absolute Gasteiger partial charge is 0.361 e. The topological polar surface area (TPSA) is 73.6 Å². The standard InChI is InChI=1S/C14H12ClN5/c1-9-2-3-10-11(6-9)20-13(19-10)14(15,7-16)12-4-5-17-8-18-12/h2-6,8,13,19-20H,1H3. The zero-order chi connectivity index (χ0) is 14.2. The van der Waals surface area contributed by atoms with Gasteiger partial charge in [0.05, 0.1) is 23.1 Å². The zero-order valence-corrected chi connectivity index (χ0v) is 11.5. The molecule has 1 aromatic heterocycles. The summed E-state index contributed by atoms with van der Waals surface area (Å²) in [6.45, 7) is 2.01. The third kappa shape index (κ3) is 1.95. The first kappa shape index (κ1) is 12.7. The highest BCUT2D eigenvalue weighted by Crippen LogP contribution is 2.39. The summed E-state index contributed by atoms with van der Waals surface area (Å²) in [4.78, 5) is 6.64. The molecular weight excluding hydrogens is 274 g/mol. The number of nitriles is 1. The van der Waals surface area contributed by atoms with Gasteiger partial charge in [0.2, 0.25) is 4.87 Å². The fourth-order valence-electron chi connectivity index (χ4n) is 2.22. The molecule has 1 aromatic carbocycles. The highest BCUT2D eigenvalue weighted by molar-refractivity contribution is 6.26. The monoisotopic (exact) mass is 285 g/mol. The van der Waals surface area contributed by atoms with Gasteiger partial charge in [-0.3, -0.25) is 0 Å². The number of halogens is 1. The molecule has 0 saturated carbocycles. The lowest BCUT2D eigenvalue weighted by atomic mass is 10.0. The van der Waals surface area contributed by atoms with E-state index in [0.717, 1.165) is 16.9 Å². The van der Waals surface area contributed by atoms with Crippen molar-refractivity contribution in [2.24, 2.45) is 0 Å². The van der Waals surface area contributed by atoms with Crippen molar-refractivity contribution < 1.29 is 0 Å². The second kappa shape index (κ2) is 4.66. The summed E-state index contributed by atoms with van der Waals surface area (Å²) in [6.07, 6.45) is 2.50. The van der Waals surface area contributed by atoms with Crippen LogP contribution in [0, 0.1) is 18.3 Å². The van der Waals surface area contributed by atoms with E-state index >= 15 is 0 Å². The summed E-state index contributed by atoms with van der Waals surface area (Å²) in [6, 6.07) is 9.76. The predicted octanol–water partition coefficient (Wildman–Crippen LogP) is 2.61. The first-order chi connectivity index (χ1) is 9.63. The quantitative estimate of drug-likeness (QED) is 0.830. The molecule has 2 heterocycles. The molecule has 3 rings (SSSR count). The third-order valence-electron chi connectivity index (χ3n) is 3.29. The summed E-state index contributed by atoms with van der Waals surface area (Å²) in [5.41, 5.74) is 3.46. The highest BCUT2D eigenvalue weighted by Gasteiger charge is 2.43. The maximum atomic E-state index is 9.51. The number of nitrogens with one attached hydrogen (secondary N) is 2. The number of rotatable bonds is 2. The van der Waals surface area contributed by atoms with Crippen LogP contribution >= 0.6 is 11.6 Å². The van der Waals surface area contributed by atoms with Crippen molar-refractivity contribution in [1.82, 2.24) is 9.97 Å². The Balaban J connectivity index is 1.96. The van der Waals surface area contributed by atoms with E-state index in [1.807, 2.05) is 25.1 Å². The summed E-state index contributed by atoms with van der Waals surface area (Å²) in [7, 11) is 0. The van der Waals surface area contributed by atoms with Crippen LogP contribution < -0.4 is 10.6 Å². The minimum Gasteiger partial charge on any atom is -0.361 e. The van der Waals surface area contributed by atoms with E-state index in [-0.39, 0.29) is 0 Å². The Labute approximate surface area is 121 Å². The fourth-order valence-corrected chi connectivity index (χ4v) is 2.45. The first-order valence-electron chi connectivity index (χ1n) is 6.14. The van der Waals surface area contributed by atoms with Gasteiger partial charge >= 0.3 is 0 Å². The molecule has 0 aliphatic carbocycles. The van der Waals surface area contributed by atoms with Crippen LogP contribution in [0.25, 0.3) is 0 Å². The van der Waals surface area contributed by atoms with E-state index in [2.05, 4.69) is 26.7 Å². The Morgan fingerprint density at radius 2 is 2.10 bits per heavy atom. The zero-order valence-electron chi connectivity index (χ0n) is 10.8. The number of nitrogens with zero attached hydrogens (tertiary/aromatic N) is 3. The van der Waals surface area contributed by atoms with Crippen LogP contribution in [0.1, 0.15) is 11.3 Å². The lowest BCUT2D eigenvalue weighted by molar-refractivity contribution is 0.655. The molecule has 2 unspecified atom stereocenters. The van der Waals surface area contributed by atoms with Crippen LogP contribution in [0.3, 0.4) is 0 Å². The number of fused-ring (bicyclic) bond motifs is 1. The molecule has 0 saturated heterocycles. The molecule has 5 nitrogen and oxygen atoms in total. The van der Waals surface area contributed by atoms with Crippen LogP contribution in [0.15, 0.2) is 36.8 Å². The van der Waals surface area contributed by atoms with Gasteiger partial charge in [0.25, 0.3) is 0 Å². The maximum Gasteiger partial charge on any atom is 0.210 e. The Hall–Kier alpha value is -2.32. The molecule has 6 heteroatoms. The molecule has 20 heavy (non-hydrogen) atoms. The molecule has 100 valence electrons. The van der Waals surface area contributed by atoms with Gasteiger partial charge in [-0.2, -0.15) is 5.26 Å². The van der Waals surface area contributed by atoms with Gasteiger partial charge in [-0.1, -0.05) is 17.7 Å². The molecule has 1 aliphatic rings. The van der Waals surface area contributed by atoms with Crippen molar-refractivity contribution >= 4 is 23.0 Å². The lowest BCUT2D eigenvalue weighted by Crippen LogP contribution is -2.42. The van der Waals surface area contributed by atoms with Crippen molar-refractivity contribution in [3.05, 3.63) is 48.0 Å². The van der Waals surface area contributed by atoms with Gasteiger partial charge in [-0.05, 0) is 30.7 Å². The summed E-state index contributed by atoms with van der Waals surface area (Å²) < 4.78 is 0. The second-order valence-corrected chi connectivity index (χ2v) is 5.29. The van der Waals surface area contributed by atoms with Crippen molar-refractivity contribution in [3.8, 4) is 6.07 Å². The normalized spacial score (nSPS) is 19.1.